The molecular formula is C14H12O5. The van der Waals surface area contributed by atoms with Crippen molar-refractivity contribution >= 4 is 11.0 Å². The van der Waals surface area contributed by atoms with Crippen molar-refractivity contribution in [3.05, 3.63) is 40.2 Å². The van der Waals surface area contributed by atoms with Gasteiger partial charge in [0, 0.05) is 13.2 Å². The Kier molecular flexibility index (Phi) is 4.18. The summed E-state index contributed by atoms with van der Waals surface area (Å²) in [5.74, 6) is 5.51. The predicted octanol–water partition coefficient (Wildman–Crippen LogP) is 1.12. The fraction of sp³-hybridized carbons (Fsp3) is 0.214. The standard InChI is InChI=1S/C14H12O5/c1-17-9-19-11-4-5-12-13(7-11)18-8-10(14(12)16)3-2-6-15/h4-5,7-8,15H,6,9H2,1H3. The van der Waals surface area contributed by atoms with Gasteiger partial charge in [-0.3, -0.25) is 4.79 Å². The third-order valence-electron chi connectivity index (χ3n) is 2.39. The lowest BCUT2D eigenvalue weighted by atomic mass is 10.1. The molecule has 0 saturated heterocycles. The monoisotopic (exact) mass is 260 g/mol. The van der Waals surface area contributed by atoms with Crippen LogP contribution in [-0.4, -0.2) is 25.6 Å². The second-order valence-corrected chi connectivity index (χ2v) is 3.65. The number of hydrogen-bond acceptors (Lipinski definition) is 5. The molecule has 1 N–H and O–H groups in total. The minimum Gasteiger partial charge on any atom is -0.467 e. The summed E-state index contributed by atoms with van der Waals surface area (Å²) in [6.45, 7) is -0.183. The molecule has 0 saturated carbocycles. The van der Waals surface area contributed by atoms with Gasteiger partial charge in [0.15, 0.2) is 6.79 Å². The van der Waals surface area contributed by atoms with Crippen molar-refractivity contribution in [1.29, 1.82) is 0 Å². The maximum Gasteiger partial charge on any atom is 0.208 e. The molecule has 0 atom stereocenters. The number of benzene rings is 1. The normalized spacial score (nSPS) is 10.0. The van der Waals surface area contributed by atoms with Gasteiger partial charge in [-0.25, -0.2) is 0 Å². The topological polar surface area (TPSA) is 68.9 Å². The molecule has 1 aromatic heterocycles. The van der Waals surface area contributed by atoms with E-state index in [9.17, 15) is 4.79 Å². The number of hydrogen-bond donors (Lipinski definition) is 1. The summed E-state index contributed by atoms with van der Waals surface area (Å²) in [5, 5.41) is 9.03. The first-order valence-corrected chi connectivity index (χ1v) is 5.53. The number of aliphatic hydroxyl groups excluding tert-OH is 1. The molecule has 0 aliphatic carbocycles. The Labute approximate surface area is 109 Å². The van der Waals surface area contributed by atoms with Crippen molar-refractivity contribution in [1.82, 2.24) is 0 Å². The first kappa shape index (κ1) is 13.1. The largest absolute Gasteiger partial charge is 0.467 e. The molecule has 2 aromatic rings. The lowest BCUT2D eigenvalue weighted by Crippen LogP contribution is -2.06. The van der Waals surface area contributed by atoms with Crippen LogP contribution in [0.1, 0.15) is 5.56 Å². The highest BCUT2D eigenvalue weighted by atomic mass is 16.7. The number of fused-ring (bicyclic) bond motifs is 1. The molecule has 2 rings (SSSR count). The number of methoxy groups -OCH3 is 1. The molecule has 0 fully saturated rings. The van der Waals surface area contributed by atoms with Crippen LogP contribution >= 0.6 is 0 Å². The van der Waals surface area contributed by atoms with Crippen molar-refractivity contribution < 1.29 is 19.0 Å². The van der Waals surface area contributed by atoms with Crippen LogP contribution in [0, 0.1) is 11.8 Å². The van der Waals surface area contributed by atoms with Crippen LogP contribution in [0.15, 0.2) is 33.7 Å². The van der Waals surface area contributed by atoms with Crippen molar-refractivity contribution in [3.63, 3.8) is 0 Å². The third-order valence-corrected chi connectivity index (χ3v) is 2.39. The Morgan fingerprint density at radius 1 is 1.42 bits per heavy atom. The molecule has 1 aromatic carbocycles. The molecule has 19 heavy (non-hydrogen) atoms. The second kappa shape index (κ2) is 6.05. The molecule has 0 bridgehead atoms. The van der Waals surface area contributed by atoms with E-state index >= 15 is 0 Å². The lowest BCUT2D eigenvalue weighted by molar-refractivity contribution is 0.0512. The summed E-state index contributed by atoms with van der Waals surface area (Å²) in [4.78, 5) is 12.1. The van der Waals surface area contributed by atoms with E-state index in [2.05, 4.69) is 11.8 Å². The van der Waals surface area contributed by atoms with Crippen molar-refractivity contribution in [2.45, 2.75) is 0 Å². The summed E-state index contributed by atoms with van der Waals surface area (Å²) >= 11 is 0. The first-order valence-electron chi connectivity index (χ1n) is 5.53. The quantitative estimate of drug-likeness (QED) is 0.661. The number of ether oxygens (including phenoxy) is 2. The molecule has 0 aliphatic rings. The highest BCUT2D eigenvalue weighted by Crippen LogP contribution is 2.19. The maximum absolute atomic E-state index is 12.1. The molecule has 1 heterocycles. The van der Waals surface area contributed by atoms with Gasteiger partial charge < -0.3 is 19.0 Å². The summed E-state index contributed by atoms with van der Waals surface area (Å²) in [5.41, 5.74) is 0.390. The fourth-order valence-corrected chi connectivity index (χ4v) is 1.55. The van der Waals surface area contributed by atoms with Crippen molar-refractivity contribution in [2.75, 3.05) is 20.5 Å². The summed E-state index contributed by atoms with van der Waals surface area (Å²) < 4.78 is 15.4. The summed E-state index contributed by atoms with van der Waals surface area (Å²) in [7, 11) is 1.52. The Morgan fingerprint density at radius 2 is 2.26 bits per heavy atom. The van der Waals surface area contributed by atoms with Gasteiger partial charge in [-0.15, -0.1) is 0 Å². The van der Waals surface area contributed by atoms with E-state index in [-0.39, 0.29) is 24.4 Å². The fourth-order valence-electron chi connectivity index (χ4n) is 1.55. The van der Waals surface area contributed by atoms with E-state index in [1.807, 2.05) is 0 Å². The molecule has 0 unspecified atom stereocenters. The van der Waals surface area contributed by atoms with E-state index < -0.39 is 0 Å². The van der Waals surface area contributed by atoms with Gasteiger partial charge in [0.2, 0.25) is 5.43 Å². The van der Waals surface area contributed by atoms with Crippen molar-refractivity contribution in [3.8, 4) is 17.6 Å². The van der Waals surface area contributed by atoms with E-state index in [1.54, 1.807) is 18.2 Å². The SMILES string of the molecule is COCOc1ccc2c(=O)c(C#CCO)coc2c1. The van der Waals surface area contributed by atoms with Gasteiger partial charge in [0.05, 0.1) is 5.39 Å². The Hall–Kier alpha value is -2.29. The van der Waals surface area contributed by atoms with Gasteiger partial charge in [-0.2, -0.15) is 0 Å². The second-order valence-electron chi connectivity index (χ2n) is 3.65. The molecule has 0 radical (unpaired) electrons. The van der Waals surface area contributed by atoms with Gasteiger partial charge in [0.1, 0.15) is 29.8 Å². The zero-order valence-electron chi connectivity index (χ0n) is 10.3. The number of aliphatic hydroxyl groups is 1. The summed E-state index contributed by atoms with van der Waals surface area (Å²) in [6, 6.07) is 4.87. The molecule has 0 amide bonds. The minimum atomic E-state index is -0.304. The minimum absolute atomic E-state index is 0.121. The average Bonchev–Trinajstić information content (AvgIpc) is 2.44. The molecule has 5 heteroatoms. The van der Waals surface area contributed by atoms with Crippen LogP contribution in [0.3, 0.4) is 0 Å². The molecule has 5 nitrogen and oxygen atoms in total. The summed E-state index contributed by atoms with van der Waals surface area (Å²) in [6.07, 6.45) is 1.27. The van der Waals surface area contributed by atoms with E-state index in [0.717, 1.165) is 0 Å². The van der Waals surface area contributed by atoms with Crippen LogP contribution in [0.5, 0.6) is 5.75 Å². The Bertz CT molecular complexity index is 690. The lowest BCUT2D eigenvalue weighted by Gasteiger charge is -2.05. The smallest absolute Gasteiger partial charge is 0.208 e. The third kappa shape index (κ3) is 2.94. The van der Waals surface area contributed by atoms with Gasteiger partial charge in [-0.1, -0.05) is 11.8 Å². The van der Waals surface area contributed by atoms with Gasteiger partial charge in [0.25, 0.3) is 0 Å². The van der Waals surface area contributed by atoms with E-state index in [4.69, 9.17) is 19.0 Å². The van der Waals surface area contributed by atoms with E-state index in [1.165, 1.54) is 13.4 Å². The number of rotatable bonds is 3. The van der Waals surface area contributed by atoms with Crippen LogP contribution in [0.2, 0.25) is 0 Å². The Morgan fingerprint density at radius 3 is 3.00 bits per heavy atom. The molecule has 0 aliphatic heterocycles. The van der Waals surface area contributed by atoms with Crippen LogP contribution in [0.25, 0.3) is 11.0 Å². The van der Waals surface area contributed by atoms with Crippen LogP contribution in [-0.2, 0) is 4.74 Å². The zero-order chi connectivity index (χ0) is 13.7. The van der Waals surface area contributed by atoms with Crippen LogP contribution < -0.4 is 10.2 Å². The average molecular weight is 260 g/mol. The Balaban J connectivity index is 2.45. The van der Waals surface area contributed by atoms with Crippen LogP contribution in [0.4, 0.5) is 0 Å². The first-order chi connectivity index (χ1) is 9.26. The van der Waals surface area contributed by atoms with Gasteiger partial charge >= 0.3 is 0 Å². The molecular weight excluding hydrogens is 248 g/mol. The predicted molar refractivity (Wildman–Crippen MR) is 69.0 cm³/mol. The van der Waals surface area contributed by atoms with Crippen molar-refractivity contribution in [2.24, 2.45) is 0 Å². The zero-order valence-corrected chi connectivity index (χ0v) is 10.3. The molecule has 0 spiro atoms. The maximum atomic E-state index is 12.1. The van der Waals surface area contributed by atoms with E-state index in [0.29, 0.717) is 16.7 Å². The highest BCUT2D eigenvalue weighted by molar-refractivity contribution is 5.79. The highest BCUT2D eigenvalue weighted by Gasteiger charge is 2.06. The van der Waals surface area contributed by atoms with Gasteiger partial charge in [-0.05, 0) is 12.1 Å². The molecule has 98 valence electrons.